The number of aromatic amines is 2. The van der Waals surface area contributed by atoms with Crippen LogP contribution in [0.2, 0.25) is 0 Å². The Morgan fingerprint density at radius 1 is 1.41 bits per heavy atom. The van der Waals surface area contributed by atoms with Crippen LogP contribution in [0.25, 0.3) is 0 Å². The first-order valence-electron chi connectivity index (χ1n) is 7.14. The number of likely N-dealkylation sites (tertiary alicyclic amines) is 1. The third-order valence-corrected chi connectivity index (χ3v) is 3.79. The summed E-state index contributed by atoms with van der Waals surface area (Å²) >= 11 is 0. The summed E-state index contributed by atoms with van der Waals surface area (Å²) in [6, 6.07) is 3.12. The quantitative estimate of drug-likeness (QED) is 0.875. The predicted octanol–water partition coefficient (Wildman–Crippen LogP) is 0.869. The van der Waals surface area contributed by atoms with Crippen molar-refractivity contribution in [2.45, 2.75) is 25.3 Å². The summed E-state index contributed by atoms with van der Waals surface area (Å²) in [5.41, 5.74) is 0.129. The Hall–Kier alpha value is -2.64. The molecule has 2 aromatic rings. The van der Waals surface area contributed by atoms with E-state index in [9.17, 15) is 9.59 Å². The Balaban J connectivity index is 1.86. The second-order valence-electron chi connectivity index (χ2n) is 5.16. The van der Waals surface area contributed by atoms with E-state index < -0.39 is 0 Å². The van der Waals surface area contributed by atoms with E-state index in [1.165, 1.54) is 13.3 Å². The van der Waals surface area contributed by atoms with E-state index in [0.717, 1.165) is 19.3 Å². The highest BCUT2D eigenvalue weighted by Gasteiger charge is 2.31. The van der Waals surface area contributed by atoms with Crippen LogP contribution in [0.1, 0.15) is 41.5 Å². The molecule has 116 valence electrons. The molecule has 0 radical (unpaired) electrons. The number of ether oxygens (including phenoxy) is 1. The first-order chi connectivity index (χ1) is 10.7. The van der Waals surface area contributed by atoms with Gasteiger partial charge < -0.3 is 9.64 Å². The van der Waals surface area contributed by atoms with Gasteiger partial charge >= 0.3 is 5.69 Å². The highest BCUT2D eigenvalue weighted by atomic mass is 16.5. The number of carbonyl (C=O) groups excluding carboxylic acids is 1. The maximum atomic E-state index is 12.7. The molecule has 3 rings (SSSR count). The van der Waals surface area contributed by atoms with Gasteiger partial charge in [0.05, 0.1) is 18.7 Å². The average molecular weight is 303 g/mol. The van der Waals surface area contributed by atoms with Crippen molar-refractivity contribution >= 4 is 5.91 Å². The number of amides is 1. The van der Waals surface area contributed by atoms with Gasteiger partial charge in [0.2, 0.25) is 5.88 Å². The molecule has 0 saturated carbocycles. The molecule has 0 unspecified atom stereocenters. The predicted molar refractivity (Wildman–Crippen MR) is 77.6 cm³/mol. The summed E-state index contributed by atoms with van der Waals surface area (Å²) in [5, 5.41) is 6.32. The number of nitrogens with zero attached hydrogens (tertiary/aromatic N) is 3. The van der Waals surface area contributed by atoms with Gasteiger partial charge in [-0.05, 0) is 25.3 Å². The smallest absolute Gasteiger partial charge is 0.340 e. The maximum Gasteiger partial charge on any atom is 0.340 e. The maximum absolute atomic E-state index is 12.7. The van der Waals surface area contributed by atoms with E-state index in [4.69, 9.17) is 4.74 Å². The van der Waals surface area contributed by atoms with Gasteiger partial charge in [-0.15, -0.1) is 0 Å². The monoisotopic (exact) mass is 303 g/mol. The molecule has 1 aliphatic rings. The van der Waals surface area contributed by atoms with Crippen molar-refractivity contribution in [1.82, 2.24) is 25.1 Å². The van der Waals surface area contributed by atoms with Gasteiger partial charge in [0.1, 0.15) is 0 Å². The highest BCUT2D eigenvalue weighted by Crippen LogP contribution is 2.29. The van der Waals surface area contributed by atoms with Crippen molar-refractivity contribution in [3.63, 3.8) is 0 Å². The second-order valence-corrected chi connectivity index (χ2v) is 5.16. The summed E-state index contributed by atoms with van der Waals surface area (Å²) in [6.45, 7) is 0.629. The number of H-pyrrole nitrogens is 2. The standard InChI is InChI=1S/C14H17N5O3/c1-22-11-6-5-9(8-15-11)13(20)19-7-3-2-4-10(19)12-16-14(21)18-17-12/h5-6,8,10H,2-4,7H2,1H3,(H2,16,17,18,21)/t10-/m1/s1. The van der Waals surface area contributed by atoms with E-state index in [-0.39, 0.29) is 17.6 Å². The Morgan fingerprint density at radius 2 is 2.27 bits per heavy atom. The molecule has 0 spiro atoms. The van der Waals surface area contributed by atoms with Crippen LogP contribution in [-0.2, 0) is 0 Å². The zero-order valence-corrected chi connectivity index (χ0v) is 12.2. The van der Waals surface area contributed by atoms with Crippen LogP contribution < -0.4 is 10.4 Å². The minimum absolute atomic E-state index is 0.122. The number of aromatic nitrogens is 4. The number of hydrogen-bond donors (Lipinski definition) is 2. The molecular formula is C14H17N5O3. The van der Waals surface area contributed by atoms with Crippen molar-refractivity contribution in [2.24, 2.45) is 0 Å². The summed E-state index contributed by atoms with van der Waals surface area (Å²) in [7, 11) is 1.53. The van der Waals surface area contributed by atoms with Crippen molar-refractivity contribution in [3.8, 4) is 5.88 Å². The van der Waals surface area contributed by atoms with Gasteiger partial charge in [-0.2, -0.15) is 5.10 Å². The summed E-state index contributed by atoms with van der Waals surface area (Å²) in [6.07, 6.45) is 4.20. The second kappa shape index (κ2) is 6.00. The average Bonchev–Trinajstić information content (AvgIpc) is 3.00. The molecule has 1 aliphatic heterocycles. The first kappa shape index (κ1) is 14.3. The van der Waals surface area contributed by atoms with Gasteiger partial charge in [0.25, 0.3) is 5.91 Å². The molecular weight excluding hydrogens is 286 g/mol. The van der Waals surface area contributed by atoms with E-state index in [0.29, 0.717) is 23.8 Å². The molecule has 1 atom stereocenters. The highest BCUT2D eigenvalue weighted by molar-refractivity contribution is 5.94. The number of hydrogen-bond acceptors (Lipinski definition) is 5. The van der Waals surface area contributed by atoms with E-state index in [1.807, 2.05) is 0 Å². The van der Waals surface area contributed by atoms with Crippen LogP contribution in [-0.4, -0.2) is 44.6 Å². The van der Waals surface area contributed by atoms with Crippen molar-refractivity contribution in [2.75, 3.05) is 13.7 Å². The lowest BCUT2D eigenvalue weighted by Crippen LogP contribution is -2.39. The number of carbonyl (C=O) groups is 1. The molecule has 8 nitrogen and oxygen atoms in total. The Kier molecular flexibility index (Phi) is 3.90. The number of pyridine rings is 1. The lowest BCUT2D eigenvalue weighted by Gasteiger charge is -2.34. The third kappa shape index (κ3) is 2.72. The molecule has 22 heavy (non-hydrogen) atoms. The number of piperidine rings is 1. The Labute approximate surface area is 126 Å². The molecule has 1 fully saturated rings. The minimum atomic E-state index is -0.362. The summed E-state index contributed by atoms with van der Waals surface area (Å²) in [5.74, 6) is 0.839. The normalized spacial score (nSPS) is 18.2. The first-order valence-corrected chi connectivity index (χ1v) is 7.14. The number of methoxy groups -OCH3 is 1. The molecule has 1 saturated heterocycles. The van der Waals surface area contributed by atoms with Crippen molar-refractivity contribution < 1.29 is 9.53 Å². The zero-order chi connectivity index (χ0) is 15.5. The van der Waals surface area contributed by atoms with E-state index in [1.54, 1.807) is 17.0 Å². The molecule has 0 aromatic carbocycles. The fourth-order valence-electron chi connectivity index (χ4n) is 2.69. The van der Waals surface area contributed by atoms with Crippen LogP contribution in [0.4, 0.5) is 0 Å². The number of rotatable bonds is 3. The third-order valence-electron chi connectivity index (χ3n) is 3.79. The summed E-state index contributed by atoms with van der Waals surface area (Å²) in [4.78, 5) is 32.4. The SMILES string of the molecule is COc1ccc(C(=O)N2CCCC[C@@H]2c2n[nH]c(=O)[nH]2)cn1. The van der Waals surface area contributed by atoms with Crippen molar-refractivity contribution in [1.29, 1.82) is 0 Å². The zero-order valence-electron chi connectivity index (χ0n) is 12.2. The van der Waals surface area contributed by atoms with Gasteiger partial charge in [0, 0.05) is 18.8 Å². The Morgan fingerprint density at radius 3 is 2.91 bits per heavy atom. The Bertz CT molecular complexity index is 706. The molecule has 2 aromatic heterocycles. The van der Waals surface area contributed by atoms with Crippen LogP contribution in [0.3, 0.4) is 0 Å². The summed E-state index contributed by atoms with van der Waals surface area (Å²) < 4.78 is 5.00. The van der Waals surface area contributed by atoms with Crippen LogP contribution >= 0.6 is 0 Å². The molecule has 8 heteroatoms. The minimum Gasteiger partial charge on any atom is -0.481 e. The topological polar surface area (TPSA) is 104 Å². The van der Waals surface area contributed by atoms with Gasteiger partial charge in [0.15, 0.2) is 5.82 Å². The molecule has 1 amide bonds. The molecule has 0 aliphatic carbocycles. The molecule has 2 N–H and O–H groups in total. The van der Waals surface area contributed by atoms with E-state index in [2.05, 4.69) is 20.2 Å². The lowest BCUT2D eigenvalue weighted by molar-refractivity contribution is 0.0600. The fourth-order valence-corrected chi connectivity index (χ4v) is 2.69. The molecule has 0 bridgehead atoms. The van der Waals surface area contributed by atoms with E-state index >= 15 is 0 Å². The largest absolute Gasteiger partial charge is 0.481 e. The van der Waals surface area contributed by atoms with Crippen molar-refractivity contribution in [3.05, 3.63) is 40.2 Å². The molecule has 3 heterocycles. The van der Waals surface area contributed by atoms with Crippen LogP contribution in [0.15, 0.2) is 23.1 Å². The number of nitrogens with one attached hydrogen (secondary N) is 2. The van der Waals surface area contributed by atoms with Gasteiger partial charge in [-0.25, -0.2) is 14.9 Å². The van der Waals surface area contributed by atoms with Gasteiger partial charge in [-0.3, -0.25) is 9.78 Å². The fraction of sp³-hybridized carbons (Fsp3) is 0.429. The lowest BCUT2D eigenvalue weighted by atomic mass is 10.0. The van der Waals surface area contributed by atoms with Crippen LogP contribution in [0, 0.1) is 0 Å². The van der Waals surface area contributed by atoms with Crippen LogP contribution in [0.5, 0.6) is 5.88 Å². The van der Waals surface area contributed by atoms with Gasteiger partial charge in [-0.1, -0.05) is 0 Å².